The molecule has 0 aliphatic carbocycles. The molecule has 2 aromatic rings. The average molecular weight is 298 g/mol. The summed E-state index contributed by atoms with van der Waals surface area (Å²) in [4.78, 5) is 20.2. The zero-order valence-corrected chi connectivity index (χ0v) is 11.1. The molecule has 1 heterocycles. The first-order chi connectivity index (χ1) is 9.79. The standard InChI is InChI=1S/C13H13F3N4O/c1-20(7-11-18-4-5-19-11)12(21)9-6-8(13(14,15)16)2-3-10(9)17/h2-6H,7,17H2,1H3,(H,18,19). The number of hydrogen-bond acceptors (Lipinski definition) is 3. The van der Waals surface area contributed by atoms with Crippen molar-refractivity contribution in [2.24, 2.45) is 0 Å². The van der Waals surface area contributed by atoms with Crippen LogP contribution >= 0.6 is 0 Å². The molecule has 0 fully saturated rings. The van der Waals surface area contributed by atoms with E-state index in [1.54, 1.807) is 6.20 Å². The second-order valence-electron chi connectivity index (χ2n) is 4.50. The molecule has 112 valence electrons. The van der Waals surface area contributed by atoms with Gasteiger partial charge in [-0.25, -0.2) is 4.98 Å². The highest BCUT2D eigenvalue weighted by molar-refractivity contribution is 5.99. The number of carbonyl (C=O) groups excluding carboxylic acids is 1. The number of nitrogens with two attached hydrogens (primary N) is 1. The fourth-order valence-electron chi connectivity index (χ4n) is 1.80. The van der Waals surface area contributed by atoms with Crippen molar-refractivity contribution in [3.63, 3.8) is 0 Å². The Morgan fingerprint density at radius 3 is 2.71 bits per heavy atom. The van der Waals surface area contributed by atoms with Crippen molar-refractivity contribution in [2.75, 3.05) is 12.8 Å². The lowest BCUT2D eigenvalue weighted by Gasteiger charge is -2.18. The number of nitrogens with one attached hydrogen (secondary N) is 1. The first kappa shape index (κ1) is 14.9. The monoisotopic (exact) mass is 298 g/mol. The van der Waals surface area contributed by atoms with Crippen LogP contribution in [-0.4, -0.2) is 27.8 Å². The van der Waals surface area contributed by atoms with Gasteiger partial charge in [-0.3, -0.25) is 4.79 Å². The molecule has 0 saturated heterocycles. The molecule has 0 unspecified atom stereocenters. The van der Waals surface area contributed by atoms with Crippen LogP contribution < -0.4 is 5.73 Å². The number of halogens is 3. The predicted octanol–water partition coefficient (Wildman–Crippen LogP) is 2.28. The van der Waals surface area contributed by atoms with Gasteiger partial charge in [-0.1, -0.05) is 0 Å². The van der Waals surface area contributed by atoms with Crippen molar-refractivity contribution in [2.45, 2.75) is 12.7 Å². The van der Waals surface area contributed by atoms with Crippen LogP contribution in [0.15, 0.2) is 30.6 Å². The lowest BCUT2D eigenvalue weighted by molar-refractivity contribution is -0.137. The molecule has 21 heavy (non-hydrogen) atoms. The van der Waals surface area contributed by atoms with Gasteiger partial charge in [0.25, 0.3) is 5.91 Å². The molecule has 3 N–H and O–H groups in total. The fourth-order valence-corrected chi connectivity index (χ4v) is 1.80. The number of aromatic nitrogens is 2. The Kier molecular flexibility index (Phi) is 3.88. The lowest BCUT2D eigenvalue weighted by Crippen LogP contribution is -2.27. The summed E-state index contributed by atoms with van der Waals surface area (Å²) in [6.07, 6.45) is -1.42. The van der Waals surface area contributed by atoms with Gasteiger partial charge in [0.15, 0.2) is 0 Å². The Hall–Kier alpha value is -2.51. The maximum Gasteiger partial charge on any atom is 0.416 e. The molecule has 2 rings (SSSR count). The number of alkyl halides is 3. The van der Waals surface area contributed by atoms with Crippen LogP contribution in [0.4, 0.5) is 18.9 Å². The molecule has 1 aromatic carbocycles. The second-order valence-corrected chi connectivity index (χ2v) is 4.50. The molecule has 0 bridgehead atoms. The van der Waals surface area contributed by atoms with Crippen molar-refractivity contribution in [3.8, 4) is 0 Å². The number of anilines is 1. The van der Waals surface area contributed by atoms with Crippen LogP contribution in [0.1, 0.15) is 21.7 Å². The number of amides is 1. The van der Waals surface area contributed by atoms with Gasteiger partial charge in [-0.05, 0) is 18.2 Å². The molecule has 0 aliphatic heterocycles. The van der Waals surface area contributed by atoms with Gasteiger partial charge in [-0.2, -0.15) is 13.2 Å². The first-order valence-corrected chi connectivity index (χ1v) is 5.99. The third-order valence-electron chi connectivity index (χ3n) is 2.90. The van der Waals surface area contributed by atoms with E-state index in [0.29, 0.717) is 5.82 Å². The summed E-state index contributed by atoms with van der Waals surface area (Å²) in [7, 11) is 1.46. The largest absolute Gasteiger partial charge is 0.416 e. The topological polar surface area (TPSA) is 75.0 Å². The number of benzene rings is 1. The van der Waals surface area contributed by atoms with Crippen molar-refractivity contribution in [3.05, 3.63) is 47.5 Å². The van der Waals surface area contributed by atoms with Crippen molar-refractivity contribution < 1.29 is 18.0 Å². The third kappa shape index (κ3) is 3.33. The van der Waals surface area contributed by atoms with Gasteiger partial charge in [0.1, 0.15) is 5.82 Å². The van der Waals surface area contributed by atoms with E-state index in [-0.39, 0.29) is 17.8 Å². The van der Waals surface area contributed by atoms with E-state index in [4.69, 9.17) is 5.73 Å². The summed E-state index contributed by atoms with van der Waals surface area (Å²) in [5.41, 5.74) is 4.51. The van der Waals surface area contributed by atoms with Crippen molar-refractivity contribution in [1.82, 2.24) is 14.9 Å². The maximum absolute atomic E-state index is 12.7. The summed E-state index contributed by atoms with van der Waals surface area (Å²) in [6, 6.07) is 2.69. The maximum atomic E-state index is 12.7. The second kappa shape index (κ2) is 5.47. The highest BCUT2D eigenvalue weighted by atomic mass is 19.4. The van der Waals surface area contributed by atoms with Crippen LogP contribution in [0.2, 0.25) is 0 Å². The summed E-state index contributed by atoms with van der Waals surface area (Å²) >= 11 is 0. The fraction of sp³-hybridized carbons (Fsp3) is 0.231. The normalized spacial score (nSPS) is 11.4. The highest BCUT2D eigenvalue weighted by Crippen LogP contribution is 2.31. The Balaban J connectivity index is 2.26. The number of H-pyrrole nitrogens is 1. The van der Waals surface area contributed by atoms with Crippen LogP contribution in [0, 0.1) is 0 Å². The van der Waals surface area contributed by atoms with Gasteiger partial charge in [0.05, 0.1) is 17.7 Å². The van der Waals surface area contributed by atoms with Gasteiger partial charge in [-0.15, -0.1) is 0 Å². The Labute approximate surface area is 118 Å². The van der Waals surface area contributed by atoms with Gasteiger partial charge >= 0.3 is 6.18 Å². The highest BCUT2D eigenvalue weighted by Gasteiger charge is 2.32. The molecule has 0 radical (unpaired) electrons. The van der Waals surface area contributed by atoms with E-state index < -0.39 is 17.6 Å². The number of imidazole rings is 1. The van der Waals surface area contributed by atoms with Gasteiger partial charge in [0.2, 0.25) is 0 Å². The molecule has 0 saturated carbocycles. The van der Waals surface area contributed by atoms with Crippen LogP contribution in [0.25, 0.3) is 0 Å². The van der Waals surface area contributed by atoms with E-state index in [0.717, 1.165) is 18.2 Å². The van der Waals surface area contributed by atoms with E-state index in [1.165, 1.54) is 18.1 Å². The molecular weight excluding hydrogens is 285 g/mol. The average Bonchev–Trinajstić information content (AvgIpc) is 2.90. The quantitative estimate of drug-likeness (QED) is 0.854. The predicted molar refractivity (Wildman–Crippen MR) is 70.2 cm³/mol. The minimum absolute atomic E-state index is 0.000653. The SMILES string of the molecule is CN(Cc1ncc[nH]1)C(=O)c1cc(C(F)(F)F)ccc1N. The number of hydrogen-bond donors (Lipinski definition) is 2. The summed E-state index contributed by atoms with van der Waals surface area (Å²) in [6.45, 7) is 0.140. The number of aromatic amines is 1. The molecule has 5 nitrogen and oxygen atoms in total. The Morgan fingerprint density at radius 1 is 1.43 bits per heavy atom. The third-order valence-corrected chi connectivity index (χ3v) is 2.90. The van der Waals surface area contributed by atoms with Gasteiger partial charge in [0, 0.05) is 25.1 Å². The summed E-state index contributed by atoms with van der Waals surface area (Å²) < 4.78 is 38.1. The number of carbonyl (C=O) groups is 1. The minimum atomic E-state index is -4.53. The summed E-state index contributed by atoms with van der Waals surface area (Å²) in [5, 5.41) is 0. The number of nitrogens with zero attached hydrogens (tertiary/aromatic N) is 2. The zero-order valence-electron chi connectivity index (χ0n) is 11.1. The van der Waals surface area contributed by atoms with Crippen molar-refractivity contribution >= 4 is 11.6 Å². The van der Waals surface area contributed by atoms with E-state index in [1.807, 2.05) is 0 Å². The van der Waals surface area contributed by atoms with E-state index in [2.05, 4.69) is 9.97 Å². The molecule has 0 atom stereocenters. The van der Waals surface area contributed by atoms with Crippen LogP contribution in [0.3, 0.4) is 0 Å². The molecule has 1 aromatic heterocycles. The van der Waals surface area contributed by atoms with E-state index in [9.17, 15) is 18.0 Å². The number of rotatable bonds is 3. The minimum Gasteiger partial charge on any atom is -0.398 e. The zero-order chi connectivity index (χ0) is 15.6. The molecule has 8 heteroatoms. The van der Waals surface area contributed by atoms with Gasteiger partial charge < -0.3 is 15.6 Å². The first-order valence-electron chi connectivity index (χ1n) is 5.99. The number of nitrogen functional groups attached to an aromatic ring is 1. The molecule has 1 amide bonds. The smallest absolute Gasteiger partial charge is 0.398 e. The van der Waals surface area contributed by atoms with Crippen LogP contribution in [0.5, 0.6) is 0 Å². The van der Waals surface area contributed by atoms with E-state index >= 15 is 0 Å². The summed E-state index contributed by atoms with van der Waals surface area (Å²) in [5.74, 6) is -0.0774. The Morgan fingerprint density at radius 2 is 2.14 bits per heavy atom. The lowest BCUT2D eigenvalue weighted by atomic mass is 10.1. The van der Waals surface area contributed by atoms with Crippen LogP contribution in [-0.2, 0) is 12.7 Å². The Bertz CT molecular complexity index is 637. The molecule has 0 spiro atoms. The molecule has 0 aliphatic rings. The van der Waals surface area contributed by atoms with Crippen molar-refractivity contribution in [1.29, 1.82) is 0 Å². The molecular formula is C13H13F3N4O.